The first-order valence-corrected chi connectivity index (χ1v) is 6.29. The summed E-state index contributed by atoms with van der Waals surface area (Å²) in [6.45, 7) is 6.53. The van der Waals surface area contributed by atoms with Gasteiger partial charge >= 0.3 is 0 Å². The molecular weight excluding hydrogens is 214 g/mol. The summed E-state index contributed by atoms with van der Waals surface area (Å²) in [4.78, 5) is 6.65. The molecule has 1 atom stereocenters. The van der Waals surface area contributed by atoms with Crippen molar-refractivity contribution in [2.45, 2.75) is 32.5 Å². The first-order chi connectivity index (χ1) is 8.31. The van der Waals surface area contributed by atoms with Crippen molar-refractivity contribution in [1.82, 2.24) is 9.88 Å². The molecule has 17 heavy (non-hydrogen) atoms. The van der Waals surface area contributed by atoms with Crippen LogP contribution in [-0.2, 0) is 17.8 Å². The van der Waals surface area contributed by atoms with Gasteiger partial charge in [-0.05, 0) is 24.1 Å². The molecule has 2 N–H and O–H groups in total. The average Bonchev–Trinajstić information content (AvgIpc) is 2.39. The standard InChI is InChI=1S/C13H21N3O/c1-2-13-10-16(5-6-17-13)9-11-3-4-15-12(7-11)8-14/h3-4,7,13H,2,5-6,8-10,14H2,1H3. The number of hydrogen-bond donors (Lipinski definition) is 1. The van der Waals surface area contributed by atoms with E-state index < -0.39 is 0 Å². The van der Waals surface area contributed by atoms with Crippen LogP contribution in [0, 0.1) is 0 Å². The maximum atomic E-state index is 5.67. The van der Waals surface area contributed by atoms with Crippen molar-refractivity contribution in [2.24, 2.45) is 5.73 Å². The van der Waals surface area contributed by atoms with E-state index in [1.807, 2.05) is 6.20 Å². The summed E-state index contributed by atoms with van der Waals surface area (Å²) in [5.41, 5.74) is 7.85. The monoisotopic (exact) mass is 235 g/mol. The van der Waals surface area contributed by atoms with Gasteiger partial charge in [-0.15, -0.1) is 0 Å². The highest BCUT2D eigenvalue weighted by atomic mass is 16.5. The van der Waals surface area contributed by atoms with Gasteiger partial charge in [0.2, 0.25) is 0 Å². The summed E-state index contributed by atoms with van der Waals surface area (Å²) in [7, 11) is 0. The number of aromatic nitrogens is 1. The predicted octanol–water partition coefficient (Wildman–Crippen LogP) is 1.15. The molecule has 0 saturated carbocycles. The topological polar surface area (TPSA) is 51.4 Å². The summed E-state index contributed by atoms with van der Waals surface area (Å²) in [6, 6.07) is 4.16. The van der Waals surface area contributed by atoms with Crippen LogP contribution in [0.15, 0.2) is 18.3 Å². The Labute approximate surface area is 103 Å². The van der Waals surface area contributed by atoms with E-state index in [4.69, 9.17) is 10.5 Å². The lowest BCUT2D eigenvalue weighted by Crippen LogP contribution is -2.41. The number of nitrogens with two attached hydrogens (primary N) is 1. The van der Waals surface area contributed by atoms with Crippen LogP contribution in [0.25, 0.3) is 0 Å². The minimum atomic E-state index is 0.388. The fraction of sp³-hybridized carbons (Fsp3) is 0.615. The van der Waals surface area contributed by atoms with Crippen molar-refractivity contribution in [3.63, 3.8) is 0 Å². The minimum absolute atomic E-state index is 0.388. The molecule has 1 aliphatic rings. The van der Waals surface area contributed by atoms with Crippen molar-refractivity contribution in [3.8, 4) is 0 Å². The second-order valence-electron chi connectivity index (χ2n) is 4.50. The molecule has 0 radical (unpaired) electrons. The highest BCUT2D eigenvalue weighted by Gasteiger charge is 2.18. The van der Waals surface area contributed by atoms with Crippen molar-refractivity contribution in [1.29, 1.82) is 0 Å². The molecule has 4 heteroatoms. The van der Waals surface area contributed by atoms with Gasteiger partial charge in [-0.1, -0.05) is 6.92 Å². The van der Waals surface area contributed by atoms with E-state index in [9.17, 15) is 0 Å². The zero-order chi connectivity index (χ0) is 12.1. The Morgan fingerprint density at radius 2 is 2.47 bits per heavy atom. The molecule has 2 rings (SSSR count). The summed E-state index contributed by atoms with van der Waals surface area (Å²) in [5, 5.41) is 0. The molecule has 4 nitrogen and oxygen atoms in total. The number of hydrogen-bond acceptors (Lipinski definition) is 4. The van der Waals surface area contributed by atoms with Crippen LogP contribution in [0.5, 0.6) is 0 Å². The lowest BCUT2D eigenvalue weighted by molar-refractivity contribution is -0.0324. The van der Waals surface area contributed by atoms with Crippen LogP contribution < -0.4 is 5.73 Å². The lowest BCUT2D eigenvalue weighted by atomic mass is 10.1. The van der Waals surface area contributed by atoms with Crippen LogP contribution >= 0.6 is 0 Å². The van der Waals surface area contributed by atoms with E-state index in [2.05, 4.69) is 28.9 Å². The first kappa shape index (κ1) is 12.5. The van der Waals surface area contributed by atoms with Gasteiger partial charge in [0.25, 0.3) is 0 Å². The van der Waals surface area contributed by atoms with Crippen LogP contribution in [0.3, 0.4) is 0 Å². The molecule has 1 aromatic heterocycles. The summed E-state index contributed by atoms with van der Waals surface area (Å²) < 4.78 is 5.67. The van der Waals surface area contributed by atoms with Crippen LogP contribution in [0.2, 0.25) is 0 Å². The SMILES string of the molecule is CCC1CN(Cc2ccnc(CN)c2)CCO1. The lowest BCUT2D eigenvalue weighted by Gasteiger charge is -2.32. The zero-order valence-electron chi connectivity index (χ0n) is 10.4. The molecule has 0 bridgehead atoms. The number of nitrogens with zero attached hydrogens (tertiary/aromatic N) is 2. The Balaban J connectivity index is 1.95. The van der Waals surface area contributed by atoms with Gasteiger partial charge in [0.05, 0.1) is 18.4 Å². The quantitative estimate of drug-likeness (QED) is 0.850. The van der Waals surface area contributed by atoms with Gasteiger partial charge in [0.1, 0.15) is 0 Å². The smallest absolute Gasteiger partial charge is 0.0700 e. The van der Waals surface area contributed by atoms with Gasteiger partial charge < -0.3 is 10.5 Å². The van der Waals surface area contributed by atoms with Crippen molar-refractivity contribution in [2.75, 3.05) is 19.7 Å². The number of ether oxygens (including phenoxy) is 1. The maximum Gasteiger partial charge on any atom is 0.0700 e. The van der Waals surface area contributed by atoms with Gasteiger partial charge in [0, 0.05) is 32.4 Å². The van der Waals surface area contributed by atoms with Crippen LogP contribution in [-0.4, -0.2) is 35.7 Å². The fourth-order valence-electron chi connectivity index (χ4n) is 2.17. The molecule has 1 saturated heterocycles. The highest BCUT2D eigenvalue weighted by Crippen LogP contribution is 2.12. The van der Waals surface area contributed by atoms with Crippen molar-refractivity contribution in [3.05, 3.63) is 29.6 Å². The summed E-state index contributed by atoms with van der Waals surface area (Å²) in [6.07, 6.45) is 3.32. The van der Waals surface area contributed by atoms with E-state index in [0.717, 1.165) is 38.4 Å². The van der Waals surface area contributed by atoms with E-state index in [1.165, 1.54) is 5.56 Å². The van der Waals surface area contributed by atoms with E-state index in [0.29, 0.717) is 12.6 Å². The number of morpholine rings is 1. The van der Waals surface area contributed by atoms with Crippen molar-refractivity contribution >= 4 is 0 Å². The highest BCUT2D eigenvalue weighted by molar-refractivity contribution is 5.16. The molecule has 94 valence electrons. The Morgan fingerprint density at radius 3 is 3.24 bits per heavy atom. The number of pyridine rings is 1. The molecule has 2 heterocycles. The molecular formula is C13H21N3O. The normalized spacial score (nSPS) is 21.6. The Kier molecular flexibility index (Phi) is 4.48. The molecule has 0 aliphatic carbocycles. The Morgan fingerprint density at radius 1 is 1.59 bits per heavy atom. The third-order valence-corrected chi connectivity index (χ3v) is 3.17. The van der Waals surface area contributed by atoms with Gasteiger partial charge in [-0.3, -0.25) is 9.88 Å². The minimum Gasteiger partial charge on any atom is -0.376 e. The second-order valence-corrected chi connectivity index (χ2v) is 4.50. The number of rotatable bonds is 4. The summed E-state index contributed by atoms with van der Waals surface area (Å²) in [5.74, 6) is 0. The fourth-order valence-corrected chi connectivity index (χ4v) is 2.17. The van der Waals surface area contributed by atoms with Gasteiger partial charge in [0.15, 0.2) is 0 Å². The van der Waals surface area contributed by atoms with E-state index in [-0.39, 0.29) is 0 Å². The van der Waals surface area contributed by atoms with Gasteiger partial charge in [-0.25, -0.2) is 0 Å². The van der Waals surface area contributed by atoms with E-state index in [1.54, 1.807) is 0 Å². The molecule has 1 aromatic rings. The third-order valence-electron chi connectivity index (χ3n) is 3.17. The predicted molar refractivity (Wildman–Crippen MR) is 67.4 cm³/mol. The first-order valence-electron chi connectivity index (χ1n) is 6.29. The Hall–Kier alpha value is -0.970. The van der Waals surface area contributed by atoms with Crippen molar-refractivity contribution < 1.29 is 4.74 Å². The largest absolute Gasteiger partial charge is 0.376 e. The molecule has 0 spiro atoms. The average molecular weight is 235 g/mol. The molecule has 0 amide bonds. The maximum absolute atomic E-state index is 5.67. The second kappa shape index (κ2) is 6.10. The van der Waals surface area contributed by atoms with E-state index >= 15 is 0 Å². The third kappa shape index (κ3) is 3.49. The van der Waals surface area contributed by atoms with Crippen LogP contribution in [0.1, 0.15) is 24.6 Å². The zero-order valence-corrected chi connectivity index (χ0v) is 10.4. The molecule has 1 fully saturated rings. The Bertz CT molecular complexity index is 356. The summed E-state index contributed by atoms with van der Waals surface area (Å²) >= 11 is 0. The molecule has 1 unspecified atom stereocenters. The molecule has 0 aromatic carbocycles. The van der Waals surface area contributed by atoms with Gasteiger partial charge in [-0.2, -0.15) is 0 Å². The molecule has 1 aliphatic heterocycles. The van der Waals surface area contributed by atoms with Crippen LogP contribution in [0.4, 0.5) is 0 Å².